The lowest BCUT2D eigenvalue weighted by Crippen LogP contribution is -2.55. The number of ether oxygens (including phenoxy) is 1. The summed E-state index contributed by atoms with van der Waals surface area (Å²) in [6.07, 6.45) is -4.37. The van der Waals surface area contributed by atoms with Crippen molar-refractivity contribution in [3.8, 4) is 10.4 Å². The second-order valence-corrected chi connectivity index (χ2v) is 9.25. The monoisotopic (exact) mass is 458 g/mol. The summed E-state index contributed by atoms with van der Waals surface area (Å²) in [4.78, 5) is 2.20. The average Bonchev–Trinajstić information content (AvgIpc) is 3.26. The van der Waals surface area contributed by atoms with E-state index in [-0.39, 0.29) is 5.82 Å². The molecule has 1 fully saturated rings. The van der Waals surface area contributed by atoms with Gasteiger partial charge >= 0.3 is 0 Å². The molecule has 5 nitrogen and oxygen atoms in total. The third kappa shape index (κ3) is 4.64. The van der Waals surface area contributed by atoms with Crippen LogP contribution < -0.4 is 0 Å². The molecule has 1 saturated heterocycles. The van der Waals surface area contributed by atoms with E-state index < -0.39 is 37.1 Å². The molecule has 0 radical (unpaired) electrons. The lowest BCUT2D eigenvalue weighted by Gasteiger charge is -2.40. The molecule has 2 aromatic carbocycles. The Morgan fingerprint density at radius 3 is 2.34 bits per heavy atom. The van der Waals surface area contributed by atoms with Gasteiger partial charge < -0.3 is 25.2 Å². The SMILES string of the molecule is CCc1ccc(C2OC(CO)C(O)C(O)C2O)cc1Cc1ccc(-c2ccc(F)cc2)s1. The summed E-state index contributed by atoms with van der Waals surface area (Å²) in [6.45, 7) is 1.62. The van der Waals surface area contributed by atoms with Crippen molar-refractivity contribution >= 4 is 11.3 Å². The summed E-state index contributed by atoms with van der Waals surface area (Å²) in [5, 5.41) is 40.2. The molecule has 4 rings (SSSR count). The van der Waals surface area contributed by atoms with Crippen molar-refractivity contribution in [1.82, 2.24) is 0 Å². The van der Waals surface area contributed by atoms with Gasteiger partial charge in [0.2, 0.25) is 0 Å². The Morgan fingerprint density at radius 2 is 1.66 bits per heavy atom. The van der Waals surface area contributed by atoms with E-state index in [1.807, 2.05) is 24.3 Å². The van der Waals surface area contributed by atoms with Gasteiger partial charge in [0.25, 0.3) is 0 Å². The van der Waals surface area contributed by atoms with Gasteiger partial charge in [-0.2, -0.15) is 0 Å². The van der Waals surface area contributed by atoms with E-state index in [9.17, 15) is 24.8 Å². The molecule has 0 saturated carbocycles. The van der Waals surface area contributed by atoms with E-state index in [1.54, 1.807) is 23.5 Å². The number of aliphatic hydroxyl groups is 4. The predicted molar refractivity (Wildman–Crippen MR) is 121 cm³/mol. The minimum Gasteiger partial charge on any atom is -0.394 e. The number of hydrogen-bond donors (Lipinski definition) is 4. The first-order valence-electron chi connectivity index (χ1n) is 10.7. The fourth-order valence-electron chi connectivity index (χ4n) is 4.14. The second-order valence-electron chi connectivity index (χ2n) is 8.08. The molecule has 5 atom stereocenters. The Bertz CT molecular complexity index is 1050. The normalized spacial score (nSPS) is 25.8. The van der Waals surface area contributed by atoms with Crippen molar-refractivity contribution in [2.75, 3.05) is 6.61 Å². The molecule has 0 spiro atoms. The van der Waals surface area contributed by atoms with E-state index in [2.05, 4.69) is 13.0 Å². The van der Waals surface area contributed by atoms with Gasteiger partial charge in [-0.3, -0.25) is 0 Å². The Kier molecular flexibility index (Phi) is 7.05. The average molecular weight is 459 g/mol. The fraction of sp³-hybridized carbons (Fsp3) is 0.360. The highest BCUT2D eigenvalue weighted by atomic mass is 32.1. The van der Waals surface area contributed by atoms with Crippen LogP contribution in [0.4, 0.5) is 4.39 Å². The van der Waals surface area contributed by atoms with Crippen LogP contribution in [0.3, 0.4) is 0 Å². The maximum absolute atomic E-state index is 13.2. The van der Waals surface area contributed by atoms with Crippen LogP contribution in [-0.4, -0.2) is 51.4 Å². The van der Waals surface area contributed by atoms with E-state index in [0.717, 1.165) is 32.9 Å². The Hall–Kier alpha value is -2.13. The summed E-state index contributed by atoms with van der Waals surface area (Å²) >= 11 is 1.64. The highest BCUT2D eigenvalue weighted by Gasteiger charge is 2.44. The van der Waals surface area contributed by atoms with Crippen LogP contribution >= 0.6 is 11.3 Å². The van der Waals surface area contributed by atoms with Crippen molar-refractivity contribution in [2.45, 2.75) is 50.3 Å². The maximum atomic E-state index is 13.2. The molecule has 3 aromatic rings. The van der Waals surface area contributed by atoms with Crippen molar-refractivity contribution < 1.29 is 29.6 Å². The van der Waals surface area contributed by atoms with Gasteiger partial charge in [-0.1, -0.05) is 37.3 Å². The molecule has 4 N–H and O–H groups in total. The third-order valence-corrected chi connectivity index (χ3v) is 7.12. The van der Waals surface area contributed by atoms with Crippen LogP contribution in [0.25, 0.3) is 10.4 Å². The third-order valence-electron chi connectivity index (χ3n) is 5.99. The van der Waals surface area contributed by atoms with Gasteiger partial charge in [0, 0.05) is 16.2 Å². The Morgan fingerprint density at radius 1 is 0.906 bits per heavy atom. The molecule has 1 aliphatic rings. The highest BCUT2D eigenvalue weighted by molar-refractivity contribution is 7.15. The van der Waals surface area contributed by atoms with E-state index in [0.29, 0.717) is 12.0 Å². The second kappa shape index (κ2) is 9.79. The molecule has 0 aliphatic carbocycles. The number of aryl methyl sites for hydroxylation is 1. The molecule has 7 heteroatoms. The van der Waals surface area contributed by atoms with Crippen molar-refractivity contribution in [3.05, 3.63) is 82.0 Å². The summed E-state index contributed by atoms with van der Waals surface area (Å²) in [6, 6.07) is 16.3. The fourth-order valence-corrected chi connectivity index (χ4v) is 5.18. The van der Waals surface area contributed by atoms with Gasteiger partial charge in [-0.25, -0.2) is 4.39 Å². The minimum absolute atomic E-state index is 0.261. The first-order valence-corrected chi connectivity index (χ1v) is 11.5. The summed E-state index contributed by atoms with van der Waals surface area (Å²) in [5.41, 5.74) is 3.89. The molecular formula is C25H27FO5S. The van der Waals surface area contributed by atoms with Crippen LogP contribution in [-0.2, 0) is 17.6 Å². The van der Waals surface area contributed by atoms with E-state index in [1.165, 1.54) is 12.1 Å². The molecule has 2 heterocycles. The lowest BCUT2D eigenvalue weighted by molar-refractivity contribution is -0.231. The number of benzene rings is 2. The molecular weight excluding hydrogens is 431 g/mol. The van der Waals surface area contributed by atoms with Crippen LogP contribution in [0.15, 0.2) is 54.6 Å². The molecule has 5 unspecified atom stereocenters. The summed E-state index contributed by atoms with van der Waals surface area (Å²) in [5.74, 6) is -0.261. The number of halogens is 1. The van der Waals surface area contributed by atoms with Crippen LogP contribution in [0, 0.1) is 5.82 Å². The van der Waals surface area contributed by atoms with Crippen LogP contribution in [0.5, 0.6) is 0 Å². The predicted octanol–water partition coefficient (Wildman–Crippen LogP) is 3.22. The number of hydrogen-bond acceptors (Lipinski definition) is 6. The summed E-state index contributed by atoms with van der Waals surface area (Å²) < 4.78 is 19.0. The first kappa shape index (κ1) is 23.0. The number of rotatable bonds is 6. The largest absolute Gasteiger partial charge is 0.394 e. The first-order chi connectivity index (χ1) is 15.4. The molecule has 1 aromatic heterocycles. The van der Waals surface area contributed by atoms with Gasteiger partial charge in [0.05, 0.1) is 6.61 Å². The minimum atomic E-state index is -1.41. The van der Waals surface area contributed by atoms with E-state index >= 15 is 0 Å². The topological polar surface area (TPSA) is 90.2 Å². The van der Waals surface area contributed by atoms with Crippen LogP contribution in [0.2, 0.25) is 0 Å². The van der Waals surface area contributed by atoms with Gasteiger partial charge in [0.15, 0.2) is 0 Å². The number of aliphatic hydroxyl groups excluding tert-OH is 4. The molecule has 1 aliphatic heterocycles. The quantitative estimate of drug-likeness (QED) is 0.456. The summed E-state index contributed by atoms with van der Waals surface area (Å²) in [7, 11) is 0. The van der Waals surface area contributed by atoms with Gasteiger partial charge in [-0.05, 0) is 52.9 Å². The molecule has 32 heavy (non-hydrogen) atoms. The molecule has 0 amide bonds. The van der Waals surface area contributed by atoms with Crippen molar-refractivity contribution in [3.63, 3.8) is 0 Å². The smallest absolute Gasteiger partial charge is 0.123 e. The zero-order chi connectivity index (χ0) is 22.8. The zero-order valence-electron chi connectivity index (χ0n) is 17.7. The molecule has 170 valence electrons. The van der Waals surface area contributed by atoms with E-state index in [4.69, 9.17) is 4.74 Å². The Labute approximate surface area is 190 Å². The maximum Gasteiger partial charge on any atom is 0.123 e. The van der Waals surface area contributed by atoms with Crippen LogP contribution in [0.1, 0.15) is 34.6 Å². The molecule has 0 bridgehead atoms. The van der Waals surface area contributed by atoms with Crippen molar-refractivity contribution in [1.29, 1.82) is 0 Å². The lowest BCUT2D eigenvalue weighted by atomic mass is 9.89. The highest BCUT2D eigenvalue weighted by Crippen LogP contribution is 2.35. The van der Waals surface area contributed by atoms with Crippen molar-refractivity contribution in [2.24, 2.45) is 0 Å². The van der Waals surface area contributed by atoms with Gasteiger partial charge in [-0.15, -0.1) is 11.3 Å². The number of thiophene rings is 1. The Balaban J connectivity index is 1.60. The van der Waals surface area contributed by atoms with Gasteiger partial charge in [0.1, 0.15) is 36.3 Å². The zero-order valence-corrected chi connectivity index (χ0v) is 18.5. The standard InChI is InChI=1S/C25H27FO5S/c1-2-14-3-4-16(25-24(30)23(29)22(28)20(13-27)31-25)11-17(14)12-19-9-10-21(32-19)15-5-7-18(26)8-6-15/h3-11,20,22-25,27-30H,2,12-13H2,1H3.